The van der Waals surface area contributed by atoms with Gasteiger partial charge in [0.05, 0.1) is 11.7 Å². The van der Waals surface area contributed by atoms with E-state index in [2.05, 4.69) is 15.3 Å². The number of amides is 1. The van der Waals surface area contributed by atoms with Crippen molar-refractivity contribution >= 4 is 11.6 Å². The summed E-state index contributed by atoms with van der Waals surface area (Å²) in [5.41, 5.74) is 3.86. The van der Waals surface area contributed by atoms with Gasteiger partial charge in [0, 0.05) is 24.2 Å². The predicted octanol–water partition coefficient (Wildman–Crippen LogP) is 3.89. The third kappa shape index (κ3) is 2.95. The van der Waals surface area contributed by atoms with Crippen LogP contribution in [0, 0.1) is 0 Å². The quantitative estimate of drug-likeness (QED) is 0.612. The van der Waals surface area contributed by atoms with Crippen LogP contribution < -0.4 is 5.32 Å². The van der Waals surface area contributed by atoms with Gasteiger partial charge in [0.15, 0.2) is 5.69 Å². The number of rotatable bonds is 4. The average molecular weight is 342 g/mol. The van der Waals surface area contributed by atoms with Crippen LogP contribution in [0.25, 0.3) is 16.9 Å². The highest BCUT2D eigenvalue weighted by molar-refractivity contribution is 5.99. The second kappa shape index (κ2) is 6.80. The molecule has 128 valence electrons. The van der Waals surface area contributed by atoms with Gasteiger partial charge >= 0.3 is 0 Å². The van der Waals surface area contributed by atoms with E-state index in [1.807, 2.05) is 78.2 Å². The molecule has 0 saturated carbocycles. The van der Waals surface area contributed by atoms with E-state index in [0.717, 1.165) is 22.5 Å². The van der Waals surface area contributed by atoms with Crippen LogP contribution in [-0.2, 0) is 0 Å². The van der Waals surface area contributed by atoms with Crippen LogP contribution in [0.1, 0.15) is 29.0 Å². The van der Waals surface area contributed by atoms with Gasteiger partial charge in [-0.3, -0.25) is 14.2 Å². The Bertz CT molecular complexity index is 1040. The summed E-state index contributed by atoms with van der Waals surface area (Å²) in [4.78, 5) is 21.6. The molecule has 1 atom stereocenters. The Labute approximate surface area is 151 Å². The minimum Gasteiger partial charge on any atom is -0.344 e. The second-order valence-corrected chi connectivity index (χ2v) is 6.08. The molecule has 5 nitrogen and oxygen atoms in total. The number of aromatic nitrogens is 3. The summed E-state index contributed by atoms with van der Waals surface area (Å²) in [7, 11) is 0. The first kappa shape index (κ1) is 16.0. The van der Waals surface area contributed by atoms with Crippen molar-refractivity contribution in [3.05, 3.63) is 90.5 Å². The topological polar surface area (TPSA) is 59.3 Å². The summed E-state index contributed by atoms with van der Waals surface area (Å²) >= 11 is 0. The number of fused-ring (bicyclic) bond motifs is 1. The molecule has 1 amide bonds. The summed E-state index contributed by atoms with van der Waals surface area (Å²) in [6.45, 7) is 1.97. The van der Waals surface area contributed by atoms with Gasteiger partial charge in [-0.15, -0.1) is 0 Å². The number of carbonyl (C=O) groups is 1. The Balaban J connectivity index is 1.75. The highest BCUT2D eigenvalue weighted by Gasteiger charge is 2.21. The molecule has 3 aromatic heterocycles. The van der Waals surface area contributed by atoms with Crippen LogP contribution in [0.3, 0.4) is 0 Å². The summed E-state index contributed by atoms with van der Waals surface area (Å²) < 4.78 is 1.93. The molecule has 1 unspecified atom stereocenters. The molecule has 0 fully saturated rings. The number of carbonyl (C=O) groups excluding carboxylic acids is 1. The number of benzene rings is 1. The van der Waals surface area contributed by atoms with Gasteiger partial charge < -0.3 is 5.32 Å². The molecule has 0 radical (unpaired) electrons. The van der Waals surface area contributed by atoms with E-state index in [4.69, 9.17) is 0 Å². The van der Waals surface area contributed by atoms with Crippen molar-refractivity contribution in [1.29, 1.82) is 0 Å². The maximum atomic E-state index is 13.0. The van der Waals surface area contributed by atoms with Crippen molar-refractivity contribution in [1.82, 2.24) is 19.7 Å². The van der Waals surface area contributed by atoms with E-state index in [9.17, 15) is 4.79 Å². The van der Waals surface area contributed by atoms with Crippen LogP contribution in [0.2, 0.25) is 0 Å². The van der Waals surface area contributed by atoms with Crippen LogP contribution in [0.4, 0.5) is 0 Å². The molecule has 0 aliphatic rings. The average Bonchev–Trinajstić information content (AvgIpc) is 3.09. The minimum absolute atomic E-state index is 0.112. The molecule has 5 heteroatoms. The van der Waals surface area contributed by atoms with E-state index >= 15 is 0 Å². The van der Waals surface area contributed by atoms with Gasteiger partial charge in [0.1, 0.15) is 5.65 Å². The lowest BCUT2D eigenvalue weighted by atomic mass is 10.1. The van der Waals surface area contributed by atoms with Crippen molar-refractivity contribution < 1.29 is 4.79 Å². The molecule has 0 aliphatic carbocycles. The molecule has 0 aliphatic heterocycles. The van der Waals surface area contributed by atoms with Crippen LogP contribution >= 0.6 is 0 Å². The maximum absolute atomic E-state index is 13.0. The third-order valence-corrected chi connectivity index (χ3v) is 4.35. The van der Waals surface area contributed by atoms with Gasteiger partial charge in [-0.05, 0) is 36.8 Å². The van der Waals surface area contributed by atoms with Gasteiger partial charge in [-0.2, -0.15) is 0 Å². The zero-order valence-electron chi connectivity index (χ0n) is 14.3. The predicted molar refractivity (Wildman–Crippen MR) is 101 cm³/mol. The normalized spacial score (nSPS) is 12.0. The Morgan fingerprint density at radius 1 is 1.00 bits per heavy atom. The van der Waals surface area contributed by atoms with Crippen LogP contribution in [0.15, 0.2) is 79.3 Å². The van der Waals surface area contributed by atoms with Gasteiger partial charge in [0.2, 0.25) is 0 Å². The molecule has 1 aromatic carbocycles. The third-order valence-electron chi connectivity index (χ3n) is 4.35. The first-order valence-corrected chi connectivity index (χ1v) is 8.47. The van der Waals surface area contributed by atoms with Crippen LogP contribution in [0.5, 0.6) is 0 Å². The van der Waals surface area contributed by atoms with E-state index in [0.29, 0.717) is 5.69 Å². The van der Waals surface area contributed by atoms with Gasteiger partial charge in [-0.1, -0.05) is 36.4 Å². The molecular formula is C21H18N4O. The largest absolute Gasteiger partial charge is 0.344 e. The van der Waals surface area contributed by atoms with Crippen molar-refractivity contribution in [3.63, 3.8) is 0 Å². The minimum atomic E-state index is -0.197. The molecule has 26 heavy (non-hydrogen) atoms. The summed E-state index contributed by atoms with van der Waals surface area (Å²) in [5.74, 6) is -0.197. The molecule has 4 aromatic rings. The number of pyridine rings is 2. The lowest BCUT2D eigenvalue weighted by Gasteiger charge is -2.14. The Morgan fingerprint density at radius 3 is 2.50 bits per heavy atom. The van der Waals surface area contributed by atoms with E-state index in [1.54, 1.807) is 12.4 Å². The molecular weight excluding hydrogens is 324 g/mol. The molecule has 0 bridgehead atoms. The zero-order chi connectivity index (χ0) is 17.9. The van der Waals surface area contributed by atoms with Crippen LogP contribution in [-0.4, -0.2) is 20.3 Å². The smallest absolute Gasteiger partial charge is 0.272 e. The standard InChI is InChI=1S/C21H18N4O/c1-15(16-7-3-2-4-8-16)23-21(26)19-20(17-10-12-22-13-11-17)25-14-6-5-9-18(25)24-19/h2-15H,1H3,(H,23,26). The van der Waals surface area contributed by atoms with Crippen molar-refractivity contribution in [2.75, 3.05) is 0 Å². The molecule has 0 spiro atoms. The van der Waals surface area contributed by atoms with Gasteiger partial charge in [-0.25, -0.2) is 4.98 Å². The number of nitrogens with zero attached hydrogens (tertiary/aromatic N) is 3. The monoisotopic (exact) mass is 342 g/mol. The molecule has 3 heterocycles. The fraction of sp³-hybridized carbons (Fsp3) is 0.0952. The number of imidazole rings is 1. The molecule has 0 saturated heterocycles. The Kier molecular flexibility index (Phi) is 4.19. The highest BCUT2D eigenvalue weighted by atomic mass is 16.2. The zero-order valence-corrected chi connectivity index (χ0v) is 14.3. The maximum Gasteiger partial charge on any atom is 0.272 e. The first-order chi connectivity index (χ1) is 12.7. The van der Waals surface area contributed by atoms with E-state index in [1.165, 1.54) is 0 Å². The summed E-state index contributed by atoms with van der Waals surface area (Å²) in [6, 6.07) is 19.3. The fourth-order valence-corrected chi connectivity index (χ4v) is 3.03. The number of hydrogen-bond acceptors (Lipinski definition) is 3. The molecule has 1 N–H and O–H groups in total. The Hall–Kier alpha value is -3.47. The van der Waals surface area contributed by atoms with Gasteiger partial charge in [0.25, 0.3) is 5.91 Å². The molecule has 4 rings (SSSR count). The number of nitrogens with one attached hydrogen (secondary N) is 1. The van der Waals surface area contributed by atoms with E-state index < -0.39 is 0 Å². The summed E-state index contributed by atoms with van der Waals surface area (Å²) in [6.07, 6.45) is 5.34. The van der Waals surface area contributed by atoms with E-state index in [-0.39, 0.29) is 11.9 Å². The second-order valence-electron chi connectivity index (χ2n) is 6.08. The SMILES string of the molecule is CC(NC(=O)c1nc2ccccn2c1-c1ccncc1)c1ccccc1. The highest BCUT2D eigenvalue weighted by Crippen LogP contribution is 2.25. The first-order valence-electron chi connectivity index (χ1n) is 8.47. The van der Waals surface area contributed by atoms with Crippen molar-refractivity contribution in [2.24, 2.45) is 0 Å². The number of hydrogen-bond donors (Lipinski definition) is 1. The Morgan fingerprint density at radius 2 is 1.73 bits per heavy atom. The lowest BCUT2D eigenvalue weighted by molar-refractivity contribution is 0.0936. The fourth-order valence-electron chi connectivity index (χ4n) is 3.03. The van der Waals surface area contributed by atoms with Crippen molar-refractivity contribution in [3.8, 4) is 11.3 Å². The summed E-state index contributed by atoms with van der Waals surface area (Å²) in [5, 5.41) is 3.05. The van der Waals surface area contributed by atoms with Crippen molar-refractivity contribution in [2.45, 2.75) is 13.0 Å². The lowest BCUT2D eigenvalue weighted by Crippen LogP contribution is -2.27.